The minimum atomic E-state index is -0.776. The molecule has 1 aromatic carbocycles. The zero-order valence-electron chi connectivity index (χ0n) is 10.4. The van der Waals surface area contributed by atoms with Gasteiger partial charge in [-0.15, -0.1) is 0 Å². The molecule has 0 atom stereocenters. The number of carbonyl (C=O) groups excluding carboxylic acids is 1. The van der Waals surface area contributed by atoms with Gasteiger partial charge >= 0.3 is 5.69 Å². The maximum Gasteiger partial charge on any atom is 0.317 e. The highest BCUT2D eigenvalue weighted by atomic mass is 16.6. The van der Waals surface area contributed by atoms with E-state index in [-0.39, 0.29) is 18.1 Å². The molecule has 2 rings (SSSR count). The summed E-state index contributed by atoms with van der Waals surface area (Å²) in [7, 11) is 0. The van der Waals surface area contributed by atoms with Crippen LogP contribution in [0.3, 0.4) is 0 Å². The summed E-state index contributed by atoms with van der Waals surface area (Å²) in [5, 5.41) is 21.5. The van der Waals surface area contributed by atoms with Crippen LogP contribution in [0.4, 0.5) is 11.4 Å². The Balaban J connectivity index is 2.20. The molecule has 1 heterocycles. The van der Waals surface area contributed by atoms with Gasteiger partial charge in [0.1, 0.15) is 12.4 Å². The second kappa shape index (κ2) is 5.82. The lowest BCUT2D eigenvalue weighted by Crippen LogP contribution is -1.99. The number of aldehydes is 1. The first kappa shape index (κ1) is 14.2. The SMILES string of the molecule is O=Cc1ccc(COc2ccc([N+](=O)[O-])cc2[N+](=O)[O-])o1. The van der Waals surface area contributed by atoms with Crippen molar-refractivity contribution in [2.75, 3.05) is 0 Å². The van der Waals surface area contributed by atoms with E-state index in [0.717, 1.165) is 18.2 Å². The molecule has 0 radical (unpaired) electrons. The molecule has 2 aromatic rings. The van der Waals surface area contributed by atoms with Gasteiger partial charge in [0.15, 0.2) is 17.8 Å². The van der Waals surface area contributed by atoms with Gasteiger partial charge in [0, 0.05) is 6.07 Å². The highest BCUT2D eigenvalue weighted by Crippen LogP contribution is 2.31. The van der Waals surface area contributed by atoms with Crippen molar-refractivity contribution in [1.29, 1.82) is 0 Å². The summed E-state index contributed by atoms with van der Waals surface area (Å²) in [6.07, 6.45) is 0.512. The van der Waals surface area contributed by atoms with Gasteiger partial charge in [-0.25, -0.2) is 0 Å². The van der Waals surface area contributed by atoms with Crippen LogP contribution >= 0.6 is 0 Å². The molecule has 9 nitrogen and oxygen atoms in total. The van der Waals surface area contributed by atoms with Crippen LogP contribution in [0.15, 0.2) is 34.7 Å². The van der Waals surface area contributed by atoms with E-state index in [1.165, 1.54) is 12.1 Å². The van der Waals surface area contributed by atoms with Crippen molar-refractivity contribution >= 4 is 17.7 Å². The summed E-state index contributed by atoms with van der Waals surface area (Å²) >= 11 is 0. The molecule has 0 amide bonds. The molecule has 0 fully saturated rings. The third kappa shape index (κ3) is 3.21. The molecule has 0 aliphatic rings. The number of furan rings is 1. The monoisotopic (exact) mass is 292 g/mol. The van der Waals surface area contributed by atoms with Crippen LogP contribution in [0.1, 0.15) is 16.3 Å². The highest BCUT2D eigenvalue weighted by Gasteiger charge is 2.20. The molecular weight excluding hydrogens is 284 g/mol. The zero-order valence-corrected chi connectivity index (χ0v) is 10.4. The number of nitro groups is 2. The van der Waals surface area contributed by atoms with Gasteiger partial charge in [-0.1, -0.05) is 0 Å². The number of hydrogen-bond donors (Lipinski definition) is 0. The normalized spacial score (nSPS) is 10.1. The zero-order chi connectivity index (χ0) is 15.4. The quantitative estimate of drug-likeness (QED) is 0.454. The fraction of sp³-hybridized carbons (Fsp3) is 0.0833. The van der Waals surface area contributed by atoms with E-state index >= 15 is 0 Å². The van der Waals surface area contributed by atoms with Crippen LogP contribution in [0, 0.1) is 20.2 Å². The Morgan fingerprint density at radius 2 is 1.90 bits per heavy atom. The summed E-state index contributed by atoms with van der Waals surface area (Å²) in [4.78, 5) is 30.4. The van der Waals surface area contributed by atoms with E-state index in [4.69, 9.17) is 9.15 Å². The number of nitrogens with zero attached hydrogens (tertiary/aromatic N) is 2. The minimum Gasteiger partial charge on any atom is -0.479 e. The van der Waals surface area contributed by atoms with E-state index in [1.807, 2.05) is 0 Å². The molecular formula is C12H8N2O7. The molecule has 0 aliphatic carbocycles. The van der Waals surface area contributed by atoms with Crippen molar-refractivity contribution in [1.82, 2.24) is 0 Å². The fourth-order valence-corrected chi connectivity index (χ4v) is 1.57. The number of ether oxygens (including phenoxy) is 1. The van der Waals surface area contributed by atoms with Crippen LogP contribution in [0.25, 0.3) is 0 Å². The van der Waals surface area contributed by atoms with Crippen molar-refractivity contribution in [3.8, 4) is 5.75 Å². The Hall–Kier alpha value is -3.23. The van der Waals surface area contributed by atoms with Gasteiger partial charge < -0.3 is 9.15 Å². The number of rotatable bonds is 6. The van der Waals surface area contributed by atoms with Crippen molar-refractivity contribution in [3.05, 3.63) is 62.1 Å². The molecule has 0 saturated carbocycles. The molecule has 0 N–H and O–H groups in total. The van der Waals surface area contributed by atoms with Gasteiger partial charge in [0.25, 0.3) is 5.69 Å². The van der Waals surface area contributed by atoms with Crippen LogP contribution in [-0.4, -0.2) is 16.1 Å². The summed E-state index contributed by atoms with van der Waals surface area (Å²) in [5.41, 5.74) is -0.929. The summed E-state index contributed by atoms with van der Waals surface area (Å²) in [6, 6.07) is 5.96. The van der Waals surface area contributed by atoms with Gasteiger partial charge in [0.2, 0.25) is 0 Å². The smallest absolute Gasteiger partial charge is 0.317 e. The Labute approximate surface area is 117 Å². The number of non-ortho nitro benzene ring substituents is 1. The van der Waals surface area contributed by atoms with E-state index < -0.39 is 21.2 Å². The lowest BCUT2D eigenvalue weighted by Gasteiger charge is -2.04. The number of carbonyl (C=O) groups is 1. The fourth-order valence-electron chi connectivity index (χ4n) is 1.57. The third-order valence-electron chi connectivity index (χ3n) is 2.52. The maximum absolute atomic E-state index is 10.9. The first-order valence-electron chi connectivity index (χ1n) is 5.61. The average Bonchev–Trinajstić information content (AvgIpc) is 2.92. The Bertz CT molecular complexity index is 707. The van der Waals surface area contributed by atoms with Crippen LogP contribution in [0.5, 0.6) is 5.75 Å². The summed E-state index contributed by atoms with van der Waals surface area (Å²) in [6.45, 7) is -0.146. The average molecular weight is 292 g/mol. The van der Waals surface area contributed by atoms with Crippen LogP contribution in [0.2, 0.25) is 0 Å². The predicted molar refractivity (Wildman–Crippen MR) is 68.2 cm³/mol. The third-order valence-corrected chi connectivity index (χ3v) is 2.52. The van der Waals surface area contributed by atoms with Crippen molar-refractivity contribution in [3.63, 3.8) is 0 Å². The molecule has 108 valence electrons. The molecule has 0 saturated heterocycles. The summed E-state index contributed by atoms with van der Waals surface area (Å²) in [5.74, 6) is 0.270. The number of benzene rings is 1. The maximum atomic E-state index is 10.9. The predicted octanol–water partition coefficient (Wildman–Crippen LogP) is 2.49. The van der Waals surface area contributed by atoms with Crippen molar-refractivity contribution in [2.45, 2.75) is 6.61 Å². The molecule has 1 aromatic heterocycles. The van der Waals surface area contributed by atoms with E-state index in [9.17, 15) is 25.0 Å². The lowest BCUT2D eigenvalue weighted by atomic mass is 10.2. The Morgan fingerprint density at radius 3 is 2.48 bits per heavy atom. The largest absolute Gasteiger partial charge is 0.479 e. The molecule has 9 heteroatoms. The highest BCUT2D eigenvalue weighted by molar-refractivity contribution is 5.70. The van der Waals surface area contributed by atoms with Crippen LogP contribution < -0.4 is 4.74 Å². The first-order valence-corrected chi connectivity index (χ1v) is 5.61. The van der Waals surface area contributed by atoms with E-state index in [2.05, 4.69) is 0 Å². The van der Waals surface area contributed by atoms with Crippen molar-refractivity contribution < 1.29 is 23.8 Å². The lowest BCUT2D eigenvalue weighted by molar-refractivity contribution is -0.394. The molecule has 0 aliphatic heterocycles. The van der Waals surface area contributed by atoms with Crippen LogP contribution in [-0.2, 0) is 6.61 Å². The Morgan fingerprint density at radius 1 is 1.14 bits per heavy atom. The Kier molecular flexibility index (Phi) is 3.93. The second-order valence-corrected chi connectivity index (χ2v) is 3.88. The van der Waals surface area contributed by atoms with Gasteiger partial charge in [0.05, 0.1) is 15.9 Å². The first-order chi connectivity index (χ1) is 10.0. The van der Waals surface area contributed by atoms with Crippen molar-refractivity contribution in [2.24, 2.45) is 0 Å². The van der Waals surface area contributed by atoms with E-state index in [1.54, 1.807) is 0 Å². The second-order valence-electron chi connectivity index (χ2n) is 3.88. The molecule has 0 unspecified atom stereocenters. The standard InChI is InChI=1S/C12H8N2O7/c15-6-9-2-3-10(21-9)7-20-12-4-1-8(13(16)17)5-11(12)14(18)19/h1-6H,7H2. The van der Waals surface area contributed by atoms with E-state index in [0.29, 0.717) is 12.0 Å². The number of nitro benzene ring substituents is 2. The minimum absolute atomic E-state index is 0.104. The van der Waals surface area contributed by atoms with Gasteiger partial charge in [-0.2, -0.15) is 0 Å². The molecule has 21 heavy (non-hydrogen) atoms. The molecule has 0 spiro atoms. The van der Waals surface area contributed by atoms with Gasteiger partial charge in [-0.05, 0) is 18.2 Å². The summed E-state index contributed by atoms with van der Waals surface area (Å²) < 4.78 is 10.2. The number of hydrogen-bond acceptors (Lipinski definition) is 7. The topological polar surface area (TPSA) is 126 Å². The molecule has 0 bridgehead atoms. The van der Waals surface area contributed by atoms with Gasteiger partial charge in [-0.3, -0.25) is 25.0 Å².